The lowest BCUT2D eigenvalue weighted by molar-refractivity contribution is -0.116. The zero-order valence-corrected chi connectivity index (χ0v) is 20.3. The van der Waals surface area contributed by atoms with Gasteiger partial charge in [-0.25, -0.2) is 12.8 Å². The van der Waals surface area contributed by atoms with Gasteiger partial charge in [0.2, 0.25) is 15.9 Å². The Morgan fingerprint density at radius 2 is 1.40 bits per heavy atom. The molecule has 0 aliphatic carbocycles. The van der Waals surface area contributed by atoms with Gasteiger partial charge < -0.3 is 5.32 Å². The van der Waals surface area contributed by atoms with Crippen LogP contribution >= 0.6 is 11.8 Å². The molecule has 0 saturated heterocycles. The summed E-state index contributed by atoms with van der Waals surface area (Å²) in [5.41, 5.74) is 1.16. The zero-order valence-electron chi connectivity index (χ0n) is 18.7. The lowest BCUT2D eigenvalue weighted by Gasteiger charge is -2.22. The van der Waals surface area contributed by atoms with Gasteiger partial charge in [-0.05, 0) is 54.1 Å². The summed E-state index contributed by atoms with van der Waals surface area (Å²) in [4.78, 5) is 15.0. The standard InChI is InChI=1S/C27H23FN2O3S2/c28-22-17-15-21(16-18-22)19-30(35(32,33)24-11-5-2-6-12-24)20-27(31)29-25-13-7-8-14-26(25)34-23-9-3-1-4-10-23/h1-18H,19-20H2,(H,29,31). The fraction of sp³-hybridized carbons (Fsp3) is 0.0741. The highest BCUT2D eigenvalue weighted by molar-refractivity contribution is 7.99. The zero-order chi connectivity index (χ0) is 24.7. The molecular formula is C27H23FN2O3S2. The molecule has 0 aromatic heterocycles. The van der Waals surface area contributed by atoms with E-state index in [2.05, 4.69) is 5.32 Å². The Morgan fingerprint density at radius 1 is 0.800 bits per heavy atom. The van der Waals surface area contributed by atoms with Crippen LogP contribution in [-0.4, -0.2) is 25.2 Å². The molecule has 0 saturated carbocycles. The number of benzene rings is 4. The number of carbonyl (C=O) groups is 1. The topological polar surface area (TPSA) is 66.5 Å². The van der Waals surface area contributed by atoms with E-state index in [1.165, 1.54) is 48.2 Å². The van der Waals surface area contributed by atoms with Gasteiger partial charge in [0.1, 0.15) is 5.82 Å². The molecule has 5 nitrogen and oxygen atoms in total. The lowest BCUT2D eigenvalue weighted by Crippen LogP contribution is -2.37. The van der Waals surface area contributed by atoms with Gasteiger partial charge in [0.15, 0.2) is 0 Å². The molecule has 0 heterocycles. The molecule has 1 N–H and O–H groups in total. The van der Waals surface area contributed by atoms with E-state index >= 15 is 0 Å². The molecule has 1 amide bonds. The summed E-state index contributed by atoms with van der Waals surface area (Å²) in [6.45, 7) is -0.482. The van der Waals surface area contributed by atoms with Crippen LogP contribution in [0.2, 0.25) is 0 Å². The van der Waals surface area contributed by atoms with Crippen molar-refractivity contribution in [3.8, 4) is 0 Å². The maximum absolute atomic E-state index is 13.4. The number of hydrogen-bond acceptors (Lipinski definition) is 4. The number of amides is 1. The van der Waals surface area contributed by atoms with Crippen molar-refractivity contribution in [2.75, 3.05) is 11.9 Å². The summed E-state index contributed by atoms with van der Waals surface area (Å²) >= 11 is 1.50. The molecule has 8 heteroatoms. The molecule has 0 radical (unpaired) electrons. The first-order valence-corrected chi connectivity index (χ1v) is 13.1. The largest absolute Gasteiger partial charge is 0.324 e. The van der Waals surface area contributed by atoms with Crippen molar-refractivity contribution < 1.29 is 17.6 Å². The van der Waals surface area contributed by atoms with Crippen molar-refractivity contribution in [3.63, 3.8) is 0 Å². The number of para-hydroxylation sites is 1. The molecule has 0 fully saturated rings. The predicted molar refractivity (Wildman–Crippen MR) is 136 cm³/mol. The van der Waals surface area contributed by atoms with Crippen LogP contribution in [0, 0.1) is 5.82 Å². The van der Waals surface area contributed by atoms with Crippen LogP contribution < -0.4 is 5.32 Å². The summed E-state index contributed by atoms with van der Waals surface area (Å²) in [5.74, 6) is -0.899. The van der Waals surface area contributed by atoms with Gasteiger partial charge in [-0.15, -0.1) is 0 Å². The fourth-order valence-electron chi connectivity index (χ4n) is 3.39. The Bertz CT molecular complexity index is 1380. The van der Waals surface area contributed by atoms with Gasteiger partial charge in [0.05, 0.1) is 17.1 Å². The Labute approximate surface area is 208 Å². The fourth-order valence-corrected chi connectivity index (χ4v) is 5.71. The second-order valence-corrected chi connectivity index (χ2v) is 10.7. The van der Waals surface area contributed by atoms with Crippen LogP contribution in [0.1, 0.15) is 5.56 Å². The van der Waals surface area contributed by atoms with Crippen molar-refractivity contribution in [2.24, 2.45) is 0 Å². The quantitative estimate of drug-likeness (QED) is 0.311. The van der Waals surface area contributed by atoms with E-state index < -0.39 is 28.3 Å². The van der Waals surface area contributed by atoms with Crippen LogP contribution in [0.5, 0.6) is 0 Å². The molecular weight excluding hydrogens is 483 g/mol. The van der Waals surface area contributed by atoms with Crippen LogP contribution in [0.3, 0.4) is 0 Å². The number of halogens is 1. The minimum absolute atomic E-state index is 0.0780. The maximum Gasteiger partial charge on any atom is 0.243 e. The van der Waals surface area contributed by atoms with Gasteiger partial charge in [0, 0.05) is 16.3 Å². The highest BCUT2D eigenvalue weighted by Gasteiger charge is 2.27. The molecule has 4 aromatic carbocycles. The first-order valence-electron chi connectivity index (χ1n) is 10.8. The molecule has 0 atom stereocenters. The molecule has 4 aromatic rings. The summed E-state index contributed by atoms with van der Waals surface area (Å²) in [5, 5.41) is 2.85. The summed E-state index contributed by atoms with van der Waals surface area (Å²) < 4.78 is 41.2. The molecule has 0 spiro atoms. The van der Waals surface area contributed by atoms with E-state index in [0.29, 0.717) is 11.3 Å². The maximum atomic E-state index is 13.4. The van der Waals surface area contributed by atoms with Gasteiger partial charge >= 0.3 is 0 Å². The van der Waals surface area contributed by atoms with Crippen molar-refractivity contribution >= 4 is 33.4 Å². The lowest BCUT2D eigenvalue weighted by atomic mass is 10.2. The summed E-state index contributed by atoms with van der Waals surface area (Å²) in [7, 11) is -3.98. The van der Waals surface area contributed by atoms with Crippen molar-refractivity contribution in [1.82, 2.24) is 4.31 Å². The Kier molecular flexibility index (Phi) is 7.97. The van der Waals surface area contributed by atoms with Gasteiger partial charge in [-0.1, -0.05) is 72.4 Å². The second kappa shape index (κ2) is 11.3. The average Bonchev–Trinajstić information content (AvgIpc) is 2.87. The number of nitrogens with zero attached hydrogens (tertiary/aromatic N) is 1. The van der Waals surface area contributed by atoms with E-state index in [1.807, 2.05) is 48.5 Å². The van der Waals surface area contributed by atoms with Crippen LogP contribution in [0.15, 0.2) is 124 Å². The Balaban J connectivity index is 1.56. The number of carbonyl (C=O) groups excluding carboxylic acids is 1. The third-order valence-electron chi connectivity index (χ3n) is 5.11. The number of nitrogens with one attached hydrogen (secondary N) is 1. The van der Waals surface area contributed by atoms with E-state index in [-0.39, 0.29) is 11.4 Å². The molecule has 0 unspecified atom stereocenters. The van der Waals surface area contributed by atoms with Gasteiger partial charge in [-0.3, -0.25) is 4.79 Å². The number of anilines is 1. The monoisotopic (exact) mass is 506 g/mol. The SMILES string of the molecule is O=C(CN(Cc1ccc(F)cc1)S(=O)(=O)c1ccccc1)Nc1ccccc1Sc1ccccc1. The minimum atomic E-state index is -3.98. The van der Waals surface area contributed by atoms with E-state index in [1.54, 1.807) is 24.3 Å². The average molecular weight is 507 g/mol. The predicted octanol–water partition coefficient (Wildman–Crippen LogP) is 5.81. The normalized spacial score (nSPS) is 11.4. The highest BCUT2D eigenvalue weighted by atomic mass is 32.2. The van der Waals surface area contributed by atoms with E-state index in [9.17, 15) is 17.6 Å². The molecule has 35 heavy (non-hydrogen) atoms. The number of rotatable bonds is 9. The first kappa shape index (κ1) is 24.7. The highest BCUT2D eigenvalue weighted by Crippen LogP contribution is 2.33. The van der Waals surface area contributed by atoms with E-state index in [4.69, 9.17) is 0 Å². The van der Waals surface area contributed by atoms with Crippen LogP contribution in [0.4, 0.5) is 10.1 Å². The Morgan fingerprint density at radius 3 is 2.09 bits per heavy atom. The van der Waals surface area contributed by atoms with Crippen molar-refractivity contribution in [3.05, 3.63) is 121 Å². The first-order chi connectivity index (χ1) is 16.9. The van der Waals surface area contributed by atoms with Crippen LogP contribution in [0.25, 0.3) is 0 Å². The van der Waals surface area contributed by atoms with E-state index in [0.717, 1.165) is 14.1 Å². The summed E-state index contributed by atoms with van der Waals surface area (Å²) in [6, 6.07) is 30.6. The van der Waals surface area contributed by atoms with Gasteiger partial charge in [-0.2, -0.15) is 4.31 Å². The number of sulfonamides is 1. The summed E-state index contributed by atoms with van der Waals surface area (Å²) in [6.07, 6.45) is 0. The smallest absolute Gasteiger partial charge is 0.243 e. The molecule has 0 aliphatic rings. The van der Waals surface area contributed by atoms with Crippen molar-refractivity contribution in [2.45, 2.75) is 21.2 Å². The Hall–Kier alpha value is -3.46. The molecule has 0 aliphatic heterocycles. The molecule has 4 rings (SSSR count). The van der Waals surface area contributed by atoms with Crippen LogP contribution in [-0.2, 0) is 21.4 Å². The third-order valence-corrected chi connectivity index (χ3v) is 7.99. The second-order valence-electron chi connectivity index (χ2n) is 7.67. The third kappa shape index (κ3) is 6.57. The minimum Gasteiger partial charge on any atom is -0.324 e. The molecule has 178 valence electrons. The number of hydrogen-bond donors (Lipinski definition) is 1. The molecule has 0 bridgehead atoms. The van der Waals surface area contributed by atoms with Gasteiger partial charge in [0.25, 0.3) is 0 Å². The van der Waals surface area contributed by atoms with Crippen molar-refractivity contribution in [1.29, 1.82) is 0 Å².